The van der Waals surface area contributed by atoms with Crippen LogP contribution in [0.15, 0.2) is 47.4 Å². The first-order chi connectivity index (χ1) is 12.8. The summed E-state index contributed by atoms with van der Waals surface area (Å²) < 4.78 is 40.2. The van der Waals surface area contributed by atoms with Crippen LogP contribution in [-0.2, 0) is 10.0 Å². The van der Waals surface area contributed by atoms with Crippen molar-refractivity contribution >= 4 is 27.3 Å². The van der Waals surface area contributed by atoms with Gasteiger partial charge in [-0.25, -0.2) is 12.8 Å². The Morgan fingerprint density at radius 1 is 1.15 bits per heavy atom. The van der Waals surface area contributed by atoms with Crippen LogP contribution >= 0.6 is 0 Å². The molecule has 0 unspecified atom stereocenters. The van der Waals surface area contributed by atoms with Crippen LogP contribution in [0.1, 0.15) is 30.1 Å². The third-order valence-electron chi connectivity index (χ3n) is 4.76. The van der Waals surface area contributed by atoms with E-state index in [4.69, 9.17) is 5.73 Å². The number of sulfonamides is 1. The summed E-state index contributed by atoms with van der Waals surface area (Å²) in [6, 6.07) is 9.39. The van der Waals surface area contributed by atoms with Crippen molar-refractivity contribution in [2.24, 2.45) is 5.92 Å². The Morgan fingerprint density at radius 3 is 2.41 bits per heavy atom. The lowest BCUT2D eigenvalue weighted by molar-refractivity contribution is 0.102. The quantitative estimate of drug-likeness (QED) is 0.784. The van der Waals surface area contributed by atoms with Gasteiger partial charge in [0.2, 0.25) is 10.0 Å². The van der Waals surface area contributed by atoms with Gasteiger partial charge in [0.25, 0.3) is 5.91 Å². The molecule has 0 aromatic heterocycles. The SMILES string of the molecule is CC1CCN(S(=O)(=O)c2ccc(C(=O)Nc3cc(F)ccc3N)cc2)CC1. The Balaban J connectivity index is 1.74. The highest BCUT2D eigenvalue weighted by Gasteiger charge is 2.28. The lowest BCUT2D eigenvalue weighted by Crippen LogP contribution is -2.37. The van der Waals surface area contributed by atoms with Gasteiger partial charge in [-0.3, -0.25) is 4.79 Å². The normalized spacial score (nSPS) is 16.2. The summed E-state index contributed by atoms with van der Waals surface area (Å²) in [5.74, 6) is -0.488. The van der Waals surface area contributed by atoms with Gasteiger partial charge in [0, 0.05) is 18.7 Å². The highest BCUT2D eigenvalue weighted by Crippen LogP contribution is 2.24. The zero-order valence-electron chi connectivity index (χ0n) is 15.0. The van der Waals surface area contributed by atoms with Gasteiger partial charge in [-0.1, -0.05) is 6.92 Å². The highest BCUT2D eigenvalue weighted by atomic mass is 32.2. The summed E-state index contributed by atoms with van der Waals surface area (Å²) in [6.07, 6.45) is 1.68. The molecule has 27 heavy (non-hydrogen) atoms. The fourth-order valence-electron chi connectivity index (χ4n) is 2.98. The summed E-state index contributed by atoms with van der Waals surface area (Å²) in [6.45, 7) is 3.12. The summed E-state index contributed by atoms with van der Waals surface area (Å²) in [5, 5.41) is 2.53. The number of hydrogen-bond donors (Lipinski definition) is 2. The van der Waals surface area contributed by atoms with E-state index in [1.807, 2.05) is 0 Å². The van der Waals surface area contributed by atoms with Crippen molar-refractivity contribution < 1.29 is 17.6 Å². The number of piperidine rings is 1. The predicted molar refractivity (Wildman–Crippen MR) is 102 cm³/mol. The van der Waals surface area contributed by atoms with Gasteiger partial charge in [0.1, 0.15) is 5.82 Å². The molecule has 6 nitrogen and oxygen atoms in total. The van der Waals surface area contributed by atoms with Crippen molar-refractivity contribution in [1.82, 2.24) is 4.31 Å². The van der Waals surface area contributed by atoms with Gasteiger partial charge in [0.15, 0.2) is 0 Å². The molecule has 2 aromatic carbocycles. The molecule has 0 bridgehead atoms. The van der Waals surface area contributed by atoms with E-state index in [0.717, 1.165) is 18.9 Å². The van der Waals surface area contributed by atoms with E-state index < -0.39 is 21.7 Å². The Hall–Kier alpha value is -2.45. The van der Waals surface area contributed by atoms with Crippen LogP contribution in [0.2, 0.25) is 0 Å². The lowest BCUT2D eigenvalue weighted by atomic mass is 10.0. The van der Waals surface area contributed by atoms with Crippen LogP contribution in [-0.4, -0.2) is 31.7 Å². The predicted octanol–water partition coefficient (Wildman–Crippen LogP) is 3.08. The van der Waals surface area contributed by atoms with E-state index >= 15 is 0 Å². The number of benzene rings is 2. The van der Waals surface area contributed by atoms with Crippen molar-refractivity contribution in [3.63, 3.8) is 0 Å². The molecule has 0 aliphatic carbocycles. The summed E-state index contributed by atoms with van der Waals surface area (Å²) in [7, 11) is -3.57. The smallest absolute Gasteiger partial charge is 0.255 e. The number of rotatable bonds is 4. The van der Waals surface area contributed by atoms with Gasteiger partial charge >= 0.3 is 0 Å². The second-order valence-corrected chi connectivity index (χ2v) is 8.73. The Labute approximate surface area is 158 Å². The molecular formula is C19H22FN3O3S. The first kappa shape index (κ1) is 19.3. The van der Waals surface area contributed by atoms with Crippen molar-refractivity contribution in [2.45, 2.75) is 24.7 Å². The van der Waals surface area contributed by atoms with E-state index in [-0.39, 0.29) is 21.8 Å². The van der Waals surface area contributed by atoms with Gasteiger partial charge in [-0.05, 0) is 61.2 Å². The second kappa shape index (κ2) is 7.66. The van der Waals surface area contributed by atoms with E-state index in [2.05, 4.69) is 12.2 Å². The maximum atomic E-state index is 13.3. The van der Waals surface area contributed by atoms with Crippen LogP contribution < -0.4 is 11.1 Å². The molecule has 1 aliphatic rings. The number of hydrogen-bond acceptors (Lipinski definition) is 4. The first-order valence-electron chi connectivity index (χ1n) is 8.74. The second-order valence-electron chi connectivity index (χ2n) is 6.80. The molecule has 144 valence electrons. The number of nitrogens with two attached hydrogens (primary N) is 1. The summed E-state index contributed by atoms with van der Waals surface area (Å²) >= 11 is 0. The molecule has 1 heterocycles. The highest BCUT2D eigenvalue weighted by molar-refractivity contribution is 7.89. The van der Waals surface area contributed by atoms with Crippen molar-refractivity contribution in [2.75, 3.05) is 24.1 Å². The molecule has 8 heteroatoms. The van der Waals surface area contributed by atoms with E-state index in [0.29, 0.717) is 19.0 Å². The minimum absolute atomic E-state index is 0.152. The maximum Gasteiger partial charge on any atom is 0.255 e. The Morgan fingerprint density at radius 2 is 1.78 bits per heavy atom. The number of nitrogens with zero attached hydrogens (tertiary/aromatic N) is 1. The minimum atomic E-state index is -3.57. The van der Waals surface area contributed by atoms with Crippen LogP contribution in [0.25, 0.3) is 0 Å². The van der Waals surface area contributed by atoms with Gasteiger partial charge in [-0.15, -0.1) is 0 Å². The molecule has 1 fully saturated rings. The molecule has 2 aromatic rings. The third-order valence-corrected chi connectivity index (χ3v) is 6.67. The fraction of sp³-hybridized carbons (Fsp3) is 0.316. The fourth-order valence-corrected chi connectivity index (χ4v) is 4.45. The average molecular weight is 391 g/mol. The topological polar surface area (TPSA) is 92.5 Å². The number of carbonyl (C=O) groups is 1. The average Bonchev–Trinajstić information content (AvgIpc) is 2.65. The monoisotopic (exact) mass is 391 g/mol. The standard InChI is InChI=1S/C19H22FN3O3S/c1-13-8-10-23(11-9-13)27(25,26)16-5-2-14(3-6-16)19(24)22-18-12-15(20)4-7-17(18)21/h2-7,12-13H,8-11,21H2,1H3,(H,22,24). The Kier molecular flexibility index (Phi) is 5.48. The number of halogens is 1. The van der Waals surface area contributed by atoms with Crippen molar-refractivity contribution in [3.8, 4) is 0 Å². The van der Waals surface area contributed by atoms with Crippen LogP contribution in [0.3, 0.4) is 0 Å². The third kappa shape index (κ3) is 4.28. The molecule has 3 N–H and O–H groups in total. The lowest BCUT2D eigenvalue weighted by Gasteiger charge is -2.29. The van der Waals surface area contributed by atoms with Gasteiger partial charge in [0.05, 0.1) is 16.3 Å². The van der Waals surface area contributed by atoms with E-state index in [1.54, 1.807) is 0 Å². The van der Waals surface area contributed by atoms with Crippen molar-refractivity contribution in [3.05, 3.63) is 53.8 Å². The Bertz CT molecular complexity index is 937. The summed E-state index contributed by atoms with van der Waals surface area (Å²) in [5.41, 5.74) is 6.38. The van der Waals surface area contributed by atoms with Crippen LogP contribution in [0.4, 0.5) is 15.8 Å². The number of amides is 1. The molecular weight excluding hydrogens is 369 g/mol. The molecule has 1 amide bonds. The number of nitrogens with one attached hydrogen (secondary N) is 1. The maximum absolute atomic E-state index is 13.3. The number of nitrogen functional groups attached to an aromatic ring is 1. The first-order valence-corrected chi connectivity index (χ1v) is 10.2. The molecule has 1 saturated heterocycles. The van der Waals surface area contributed by atoms with Crippen LogP contribution in [0.5, 0.6) is 0 Å². The van der Waals surface area contributed by atoms with Crippen LogP contribution in [0, 0.1) is 11.7 Å². The van der Waals surface area contributed by atoms with Crippen molar-refractivity contribution in [1.29, 1.82) is 0 Å². The molecule has 0 saturated carbocycles. The molecule has 3 rings (SSSR count). The largest absolute Gasteiger partial charge is 0.397 e. The molecule has 0 radical (unpaired) electrons. The minimum Gasteiger partial charge on any atom is -0.397 e. The molecule has 0 spiro atoms. The van der Waals surface area contributed by atoms with Gasteiger partial charge in [-0.2, -0.15) is 4.31 Å². The molecule has 0 atom stereocenters. The summed E-state index contributed by atoms with van der Waals surface area (Å²) in [4.78, 5) is 12.5. The molecule has 1 aliphatic heterocycles. The zero-order valence-corrected chi connectivity index (χ0v) is 15.8. The van der Waals surface area contributed by atoms with Gasteiger partial charge < -0.3 is 11.1 Å². The van der Waals surface area contributed by atoms with E-state index in [9.17, 15) is 17.6 Å². The number of carbonyl (C=O) groups excluding carboxylic acids is 1. The zero-order chi connectivity index (χ0) is 19.6. The number of anilines is 2. The van der Waals surface area contributed by atoms with E-state index in [1.165, 1.54) is 40.7 Å².